The molecule has 0 radical (unpaired) electrons. The molecule has 3 rings (SSSR count). The SMILES string of the molecule is CCOC(=O)c1nnc2nc(-c3cccnc3)nn2c1N. The maximum Gasteiger partial charge on any atom is 0.362 e. The molecule has 0 aromatic carbocycles. The van der Waals surface area contributed by atoms with E-state index in [-0.39, 0.29) is 23.9 Å². The summed E-state index contributed by atoms with van der Waals surface area (Å²) in [5, 5.41) is 11.8. The Morgan fingerprint density at radius 2 is 2.29 bits per heavy atom. The van der Waals surface area contributed by atoms with E-state index in [2.05, 4.69) is 25.3 Å². The predicted octanol–water partition coefficient (Wildman–Crippen LogP) is 0.340. The molecule has 21 heavy (non-hydrogen) atoms. The summed E-state index contributed by atoms with van der Waals surface area (Å²) in [5.74, 6) is -0.0339. The summed E-state index contributed by atoms with van der Waals surface area (Å²) in [7, 11) is 0. The fraction of sp³-hybridized carbons (Fsp3) is 0.167. The number of fused-ring (bicyclic) bond motifs is 1. The van der Waals surface area contributed by atoms with E-state index in [4.69, 9.17) is 10.5 Å². The van der Waals surface area contributed by atoms with Gasteiger partial charge in [0.2, 0.25) is 5.69 Å². The molecule has 0 aliphatic heterocycles. The standard InChI is InChI=1S/C12H11N7O2/c1-2-21-11(20)8-9(13)19-12(17-16-8)15-10(18-19)7-4-3-5-14-6-7/h3-6H,2,13H2,1H3. The highest BCUT2D eigenvalue weighted by Crippen LogP contribution is 2.16. The van der Waals surface area contributed by atoms with E-state index in [1.807, 2.05) is 0 Å². The minimum Gasteiger partial charge on any atom is -0.461 e. The Morgan fingerprint density at radius 3 is 3.00 bits per heavy atom. The van der Waals surface area contributed by atoms with Gasteiger partial charge in [-0.05, 0) is 19.1 Å². The molecule has 9 nitrogen and oxygen atoms in total. The van der Waals surface area contributed by atoms with Gasteiger partial charge < -0.3 is 10.5 Å². The monoisotopic (exact) mass is 285 g/mol. The van der Waals surface area contributed by atoms with Gasteiger partial charge in [-0.2, -0.15) is 9.50 Å². The van der Waals surface area contributed by atoms with Crippen LogP contribution in [0.1, 0.15) is 17.4 Å². The second kappa shape index (κ2) is 5.12. The fourth-order valence-electron chi connectivity index (χ4n) is 1.74. The summed E-state index contributed by atoms with van der Waals surface area (Å²) < 4.78 is 6.11. The van der Waals surface area contributed by atoms with E-state index in [0.717, 1.165) is 0 Å². The first-order chi connectivity index (χ1) is 10.2. The predicted molar refractivity (Wildman–Crippen MR) is 72.2 cm³/mol. The molecule has 9 heteroatoms. The van der Waals surface area contributed by atoms with E-state index in [1.165, 1.54) is 4.52 Å². The van der Waals surface area contributed by atoms with Gasteiger partial charge in [-0.15, -0.1) is 15.3 Å². The average Bonchev–Trinajstić information content (AvgIpc) is 2.94. The van der Waals surface area contributed by atoms with Gasteiger partial charge in [0, 0.05) is 18.0 Å². The molecule has 0 amide bonds. The lowest BCUT2D eigenvalue weighted by atomic mass is 10.3. The van der Waals surface area contributed by atoms with Crippen LogP contribution in [0.25, 0.3) is 17.2 Å². The van der Waals surface area contributed by atoms with Crippen LogP contribution in [-0.2, 0) is 4.74 Å². The molecular weight excluding hydrogens is 274 g/mol. The van der Waals surface area contributed by atoms with E-state index in [9.17, 15) is 4.79 Å². The highest BCUT2D eigenvalue weighted by atomic mass is 16.5. The molecule has 0 saturated heterocycles. The van der Waals surface area contributed by atoms with Crippen molar-refractivity contribution in [2.24, 2.45) is 0 Å². The summed E-state index contributed by atoms with van der Waals surface area (Å²) >= 11 is 0. The Kier molecular flexibility index (Phi) is 3.14. The number of nitrogens with zero attached hydrogens (tertiary/aromatic N) is 6. The number of hydrogen-bond acceptors (Lipinski definition) is 8. The molecule has 0 saturated carbocycles. The van der Waals surface area contributed by atoms with Crippen molar-refractivity contribution in [1.82, 2.24) is 29.8 Å². The fourth-order valence-corrected chi connectivity index (χ4v) is 1.74. The average molecular weight is 285 g/mol. The van der Waals surface area contributed by atoms with Crippen LogP contribution in [0, 0.1) is 0 Å². The molecule has 0 bridgehead atoms. The highest BCUT2D eigenvalue weighted by Gasteiger charge is 2.19. The number of nitrogen functional groups attached to an aromatic ring is 1. The third kappa shape index (κ3) is 2.24. The molecule has 0 aliphatic carbocycles. The van der Waals surface area contributed by atoms with Crippen LogP contribution in [-0.4, -0.2) is 42.4 Å². The number of ether oxygens (including phenoxy) is 1. The Balaban J connectivity index is 2.10. The largest absolute Gasteiger partial charge is 0.461 e. The Bertz CT molecular complexity index is 800. The molecule has 3 heterocycles. The van der Waals surface area contributed by atoms with Crippen molar-refractivity contribution in [3.8, 4) is 11.4 Å². The van der Waals surface area contributed by atoms with Crippen molar-refractivity contribution < 1.29 is 9.53 Å². The number of anilines is 1. The normalized spacial score (nSPS) is 10.7. The second-order valence-electron chi connectivity index (χ2n) is 4.04. The van der Waals surface area contributed by atoms with Gasteiger partial charge in [-0.3, -0.25) is 4.98 Å². The van der Waals surface area contributed by atoms with Crippen molar-refractivity contribution in [2.45, 2.75) is 6.92 Å². The first kappa shape index (κ1) is 12.9. The Hall–Kier alpha value is -3.10. The zero-order valence-electron chi connectivity index (χ0n) is 11.1. The summed E-state index contributed by atoms with van der Waals surface area (Å²) in [6.45, 7) is 1.91. The third-order valence-electron chi connectivity index (χ3n) is 2.69. The van der Waals surface area contributed by atoms with Crippen molar-refractivity contribution in [3.05, 3.63) is 30.2 Å². The first-order valence-corrected chi connectivity index (χ1v) is 6.17. The summed E-state index contributed by atoms with van der Waals surface area (Å²) in [6.07, 6.45) is 3.26. The van der Waals surface area contributed by atoms with Crippen LogP contribution in [0.5, 0.6) is 0 Å². The summed E-state index contributed by atoms with van der Waals surface area (Å²) in [5.41, 5.74) is 6.50. The molecule has 106 valence electrons. The third-order valence-corrected chi connectivity index (χ3v) is 2.69. The lowest BCUT2D eigenvalue weighted by Gasteiger charge is -2.03. The van der Waals surface area contributed by atoms with Crippen LogP contribution in [0.15, 0.2) is 24.5 Å². The Labute approximate surface area is 118 Å². The van der Waals surface area contributed by atoms with E-state index in [0.29, 0.717) is 11.4 Å². The van der Waals surface area contributed by atoms with Crippen molar-refractivity contribution in [3.63, 3.8) is 0 Å². The topological polar surface area (TPSA) is 121 Å². The van der Waals surface area contributed by atoms with E-state index >= 15 is 0 Å². The smallest absolute Gasteiger partial charge is 0.362 e. The molecule has 0 unspecified atom stereocenters. The number of rotatable bonds is 3. The van der Waals surface area contributed by atoms with Crippen molar-refractivity contribution in [1.29, 1.82) is 0 Å². The van der Waals surface area contributed by atoms with Crippen molar-refractivity contribution in [2.75, 3.05) is 12.3 Å². The summed E-state index contributed by atoms with van der Waals surface area (Å²) in [6, 6.07) is 3.57. The second-order valence-corrected chi connectivity index (χ2v) is 4.04. The van der Waals surface area contributed by atoms with Crippen molar-refractivity contribution >= 4 is 17.6 Å². The lowest BCUT2D eigenvalue weighted by Crippen LogP contribution is -2.15. The number of esters is 1. The number of nitrogens with two attached hydrogens (primary N) is 1. The van der Waals surface area contributed by atoms with E-state index in [1.54, 1.807) is 31.5 Å². The molecule has 2 N–H and O–H groups in total. The maximum absolute atomic E-state index is 11.7. The van der Waals surface area contributed by atoms with Gasteiger partial charge in [-0.1, -0.05) is 0 Å². The minimum atomic E-state index is -0.650. The Morgan fingerprint density at radius 1 is 1.43 bits per heavy atom. The number of carbonyl (C=O) groups excluding carboxylic acids is 1. The van der Waals surface area contributed by atoms with Crippen LogP contribution in [0.4, 0.5) is 5.82 Å². The molecule has 0 spiro atoms. The van der Waals surface area contributed by atoms with Crippen LogP contribution < -0.4 is 5.73 Å². The summed E-state index contributed by atoms with van der Waals surface area (Å²) in [4.78, 5) is 19.9. The van der Waals surface area contributed by atoms with Gasteiger partial charge in [0.15, 0.2) is 11.6 Å². The van der Waals surface area contributed by atoms with Crippen LogP contribution >= 0.6 is 0 Å². The van der Waals surface area contributed by atoms with Crippen LogP contribution in [0.2, 0.25) is 0 Å². The molecule has 3 aromatic rings. The number of aromatic nitrogens is 6. The molecule has 0 fully saturated rings. The highest BCUT2D eigenvalue weighted by molar-refractivity contribution is 5.92. The lowest BCUT2D eigenvalue weighted by molar-refractivity contribution is 0.0519. The van der Waals surface area contributed by atoms with Gasteiger partial charge in [-0.25, -0.2) is 4.79 Å². The molecule has 3 aromatic heterocycles. The number of carbonyl (C=O) groups is 1. The number of pyridine rings is 1. The molecular formula is C12H11N7O2. The maximum atomic E-state index is 11.7. The van der Waals surface area contributed by atoms with E-state index < -0.39 is 5.97 Å². The van der Waals surface area contributed by atoms with Crippen LogP contribution in [0.3, 0.4) is 0 Å². The zero-order valence-corrected chi connectivity index (χ0v) is 11.1. The zero-order chi connectivity index (χ0) is 14.8. The van der Waals surface area contributed by atoms with Gasteiger partial charge >= 0.3 is 5.97 Å². The quantitative estimate of drug-likeness (QED) is 0.684. The van der Waals surface area contributed by atoms with Gasteiger partial charge in [0.1, 0.15) is 0 Å². The molecule has 0 atom stereocenters. The van der Waals surface area contributed by atoms with Gasteiger partial charge in [0.05, 0.1) is 6.61 Å². The van der Waals surface area contributed by atoms with Gasteiger partial charge in [0.25, 0.3) is 5.78 Å². The molecule has 0 aliphatic rings. The number of hydrogen-bond donors (Lipinski definition) is 1. The minimum absolute atomic E-state index is 0.0288. The first-order valence-electron chi connectivity index (χ1n) is 6.17.